The maximum atomic E-state index is 12.8. The first-order valence-electron chi connectivity index (χ1n) is 15.3. The number of nitrogens with zero attached hydrogens (tertiary/aromatic N) is 2. The highest BCUT2D eigenvalue weighted by molar-refractivity contribution is 7.15. The van der Waals surface area contributed by atoms with Crippen LogP contribution in [0.1, 0.15) is 109 Å². The first kappa shape index (κ1) is 27.1. The number of fused-ring (bicyclic) bond motifs is 5. The molecular weight excluding hydrogens is 498 g/mol. The van der Waals surface area contributed by atoms with Crippen molar-refractivity contribution >= 4 is 22.4 Å². The van der Waals surface area contributed by atoms with E-state index in [4.69, 9.17) is 4.74 Å². The van der Waals surface area contributed by atoms with Crippen LogP contribution in [-0.4, -0.2) is 45.1 Å². The summed E-state index contributed by atoms with van der Waals surface area (Å²) in [5.74, 6) is 3.08. The van der Waals surface area contributed by atoms with Gasteiger partial charge in [0, 0.05) is 13.0 Å². The van der Waals surface area contributed by atoms with Crippen molar-refractivity contribution in [2.24, 2.45) is 46.3 Å². The van der Waals surface area contributed by atoms with Crippen LogP contribution in [-0.2, 0) is 9.53 Å². The molecule has 0 aromatic carbocycles. The van der Waals surface area contributed by atoms with E-state index in [1.807, 2.05) is 0 Å². The zero-order valence-corrected chi connectivity index (χ0v) is 24.2. The van der Waals surface area contributed by atoms with Gasteiger partial charge in [0.25, 0.3) is 0 Å². The molecule has 8 heteroatoms. The minimum atomic E-state index is -0.237. The normalized spacial score (nSPS) is 45.2. The van der Waals surface area contributed by atoms with E-state index >= 15 is 0 Å². The number of carbonyl (C=O) groups excluding carboxylic acids is 1. The van der Waals surface area contributed by atoms with Gasteiger partial charge in [-0.2, -0.15) is 0 Å². The van der Waals surface area contributed by atoms with E-state index in [-0.39, 0.29) is 35.0 Å². The molecule has 3 N–H and O–H groups in total. The van der Waals surface area contributed by atoms with Crippen molar-refractivity contribution in [2.45, 2.75) is 116 Å². The number of anilines is 1. The maximum Gasteiger partial charge on any atom is 0.226 e. The van der Waals surface area contributed by atoms with Crippen LogP contribution in [0.15, 0.2) is 0 Å². The number of ether oxygens (including phenoxy) is 1. The van der Waals surface area contributed by atoms with Crippen molar-refractivity contribution in [2.75, 3.05) is 11.9 Å². The van der Waals surface area contributed by atoms with Crippen LogP contribution in [0.5, 0.6) is 0 Å². The van der Waals surface area contributed by atoms with Gasteiger partial charge in [0.2, 0.25) is 11.0 Å². The van der Waals surface area contributed by atoms with E-state index < -0.39 is 0 Å². The van der Waals surface area contributed by atoms with Crippen molar-refractivity contribution in [1.29, 1.82) is 0 Å². The molecule has 0 bridgehead atoms. The molecule has 2 heterocycles. The Bertz CT molecular complexity index is 1010. The van der Waals surface area contributed by atoms with E-state index in [1.165, 1.54) is 37.0 Å². The quantitative estimate of drug-likeness (QED) is 0.421. The Labute approximate surface area is 231 Å². The van der Waals surface area contributed by atoms with Gasteiger partial charge >= 0.3 is 0 Å². The fourth-order valence-electron chi connectivity index (χ4n) is 10.1. The highest BCUT2D eigenvalue weighted by Crippen LogP contribution is 2.68. The number of aliphatic hydroxyl groups is 2. The highest BCUT2D eigenvalue weighted by Gasteiger charge is 2.62. The number of nitrogens with one attached hydrogen (secondary N) is 1. The van der Waals surface area contributed by atoms with Crippen LogP contribution >= 0.6 is 11.3 Å². The second-order valence-corrected chi connectivity index (χ2v) is 15.0. The fourth-order valence-corrected chi connectivity index (χ4v) is 10.9. The molecule has 1 saturated heterocycles. The monoisotopic (exact) mass is 545 g/mol. The van der Waals surface area contributed by atoms with Crippen LogP contribution < -0.4 is 5.32 Å². The summed E-state index contributed by atoms with van der Waals surface area (Å²) in [7, 11) is 0. The van der Waals surface area contributed by atoms with Gasteiger partial charge in [0.1, 0.15) is 11.1 Å². The predicted molar refractivity (Wildman–Crippen MR) is 147 cm³/mol. The lowest BCUT2D eigenvalue weighted by Crippen LogP contribution is -2.58. The summed E-state index contributed by atoms with van der Waals surface area (Å²) in [6, 6.07) is 0. The molecule has 1 aromatic heterocycles. The summed E-state index contributed by atoms with van der Waals surface area (Å²) >= 11 is 1.43. The van der Waals surface area contributed by atoms with Crippen molar-refractivity contribution in [3.63, 3.8) is 0 Å². The number of hydrogen-bond donors (Lipinski definition) is 3. The molecule has 1 amide bonds. The van der Waals surface area contributed by atoms with Gasteiger partial charge in [0.15, 0.2) is 0 Å². The molecule has 6 rings (SSSR count). The topological polar surface area (TPSA) is 105 Å². The molecule has 0 spiro atoms. The van der Waals surface area contributed by atoms with Gasteiger partial charge in [0.05, 0.1) is 12.2 Å². The lowest BCUT2D eigenvalue weighted by molar-refractivity contribution is -0.174. The number of aliphatic hydroxyl groups excluding tert-OH is 2. The van der Waals surface area contributed by atoms with Crippen LogP contribution in [0.4, 0.5) is 5.13 Å². The van der Waals surface area contributed by atoms with E-state index in [1.54, 1.807) is 0 Å². The lowest BCUT2D eigenvalue weighted by Gasteiger charge is -2.62. The Hall–Kier alpha value is -1.09. The van der Waals surface area contributed by atoms with Gasteiger partial charge in [-0.15, -0.1) is 10.2 Å². The summed E-state index contributed by atoms with van der Waals surface area (Å²) in [4.78, 5) is 12.8. The lowest BCUT2D eigenvalue weighted by atomic mass is 9.43. The zero-order chi connectivity index (χ0) is 26.7. The molecule has 5 aliphatic rings. The number of amides is 1. The second-order valence-electron chi connectivity index (χ2n) is 14.0. The molecular formula is C30H47N3O4S. The molecule has 0 radical (unpaired) electrons. The van der Waals surface area contributed by atoms with Gasteiger partial charge in [-0.1, -0.05) is 32.1 Å². The first-order valence-corrected chi connectivity index (χ1v) is 16.1. The Morgan fingerprint density at radius 2 is 1.87 bits per heavy atom. The molecule has 1 aliphatic heterocycles. The molecule has 4 saturated carbocycles. The van der Waals surface area contributed by atoms with Crippen molar-refractivity contribution in [3.8, 4) is 0 Å². The van der Waals surface area contributed by atoms with Gasteiger partial charge in [-0.05, 0) is 117 Å². The molecule has 11 atom stereocenters. The minimum absolute atomic E-state index is 0.0245. The average molecular weight is 546 g/mol. The van der Waals surface area contributed by atoms with E-state index in [0.717, 1.165) is 56.6 Å². The Balaban J connectivity index is 1.07. The summed E-state index contributed by atoms with van der Waals surface area (Å²) in [6.45, 7) is 8.09. The van der Waals surface area contributed by atoms with Crippen LogP contribution in [0.2, 0.25) is 0 Å². The predicted octanol–water partition coefficient (Wildman–Crippen LogP) is 5.74. The minimum Gasteiger partial charge on any atom is -0.393 e. The van der Waals surface area contributed by atoms with Crippen LogP contribution in [0.3, 0.4) is 0 Å². The van der Waals surface area contributed by atoms with Crippen molar-refractivity contribution in [1.82, 2.24) is 10.2 Å². The van der Waals surface area contributed by atoms with Gasteiger partial charge in [-0.25, -0.2) is 0 Å². The standard InChI is InChI=1S/C30H47N3O4S/c1-17(6-9-25(36)31-28-33-32-27(38-28)24-5-4-14-37-24)20-7-8-21-26-22(11-13-30(20,21)3)29(2)12-10-19(34)15-18(29)16-23(26)35/h17-24,26,34-35H,4-16H2,1-3H3,(H,31,33,36). The number of aromatic nitrogens is 2. The Morgan fingerprint density at radius 1 is 1.08 bits per heavy atom. The molecule has 1 aromatic rings. The largest absolute Gasteiger partial charge is 0.393 e. The third-order valence-electron chi connectivity index (χ3n) is 12.1. The average Bonchev–Trinajstić information content (AvgIpc) is 3.63. The van der Waals surface area contributed by atoms with E-state index in [0.29, 0.717) is 47.1 Å². The van der Waals surface area contributed by atoms with Crippen molar-refractivity contribution < 1.29 is 19.7 Å². The molecule has 11 unspecified atom stereocenters. The maximum absolute atomic E-state index is 12.8. The smallest absolute Gasteiger partial charge is 0.226 e. The zero-order valence-electron chi connectivity index (χ0n) is 23.4. The summed E-state index contributed by atoms with van der Waals surface area (Å²) < 4.78 is 5.69. The Kier molecular flexibility index (Phi) is 7.41. The molecule has 212 valence electrons. The summed E-state index contributed by atoms with van der Waals surface area (Å²) in [5.41, 5.74) is 0.505. The van der Waals surface area contributed by atoms with Crippen molar-refractivity contribution in [3.05, 3.63) is 5.01 Å². The molecule has 5 fully saturated rings. The third kappa shape index (κ3) is 4.65. The first-order chi connectivity index (χ1) is 18.2. The number of hydrogen-bond acceptors (Lipinski definition) is 7. The fraction of sp³-hybridized carbons (Fsp3) is 0.900. The molecule has 38 heavy (non-hydrogen) atoms. The number of rotatable bonds is 6. The van der Waals surface area contributed by atoms with Gasteiger partial charge in [-0.3, -0.25) is 4.79 Å². The third-order valence-corrected chi connectivity index (χ3v) is 13.1. The SMILES string of the molecule is CC(CCC(=O)Nc1nnc(C2CCCO2)s1)C1CCC2C3C(O)CC4CC(O)CCC4(C)C3CCC12C. The Morgan fingerprint density at radius 3 is 2.66 bits per heavy atom. The molecule has 7 nitrogen and oxygen atoms in total. The second kappa shape index (κ2) is 10.4. The summed E-state index contributed by atoms with van der Waals surface area (Å²) in [6.07, 6.45) is 11.6. The number of carbonyl (C=O) groups is 1. The van der Waals surface area contributed by atoms with E-state index in [2.05, 4.69) is 36.3 Å². The van der Waals surface area contributed by atoms with E-state index in [9.17, 15) is 15.0 Å². The van der Waals surface area contributed by atoms with Gasteiger partial charge < -0.3 is 20.3 Å². The summed E-state index contributed by atoms with van der Waals surface area (Å²) in [5, 5.41) is 34.6. The highest BCUT2D eigenvalue weighted by atomic mass is 32.1. The van der Waals surface area contributed by atoms with Crippen LogP contribution in [0, 0.1) is 46.3 Å². The molecule has 4 aliphatic carbocycles. The van der Waals surface area contributed by atoms with Crippen LogP contribution in [0.25, 0.3) is 0 Å².